The lowest BCUT2D eigenvalue weighted by molar-refractivity contribution is -0.384. The van der Waals surface area contributed by atoms with Gasteiger partial charge in [-0.25, -0.2) is 10.8 Å². The summed E-state index contributed by atoms with van der Waals surface area (Å²) < 4.78 is 0.912. The zero-order chi connectivity index (χ0) is 13.8. The molecule has 1 aromatic carbocycles. The smallest absolute Gasteiger partial charge is 0.329 e. The molecule has 1 heterocycles. The van der Waals surface area contributed by atoms with E-state index in [1.165, 1.54) is 0 Å². The van der Waals surface area contributed by atoms with Gasteiger partial charge in [-0.1, -0.05) is 12.1 Å². The second kappa shape index (κ2) is 5.75. The predicted molar refractivity (Wildman–Crippen MR) is 78.9 cm³/mol. The number of hydrazine groups is 1. The van der Waals surface area contributed by atoms with Crippen molar-refractivity contribution in [1.82, 2.24) is 9.97 Å². The molecule has 2 aromatic rings. The molecule has 8 nitrogen and oxygen atoms in total. The molecular weight excluding hydrogens is 363 g/mol. The third-order valence-electron chi connectivity index (χ3n) is 2.22. The molecule has 0 radical (unpaired) electrons. The molecule has 0 aliphatic rings. The second-order valence-corrected chi connectivity index (χ2v) is 4.60. The van der Waals surface area contributed by atoms with E-state index in [-0.39, 0.29) is 17.5 Å². The van der Waals surface area contributed by atoms with Gasteiger partial charge in [-0.2, -0.15) is 4.98 Å². The lowest BCUT2D eigenvalue weighted by atomic mass is 10.3. The third-order valence-corrected chi connectivity index (χ3v) is 3.16. The minimum absolute atomic E-state index is 0.0806. The van der Waals surface area contributed by atoms with Gasteiger partial charge >= 0.3 is 5.69 Å². The van der Waals surface area contributed by atoms with Crippen molar-refractivity contribution in [2.24, 2.45) is 5.84 Å². The van der Waals surface area contributed by atoms with E-state index >= 15 is 0 Å². The van der Waals surface area contributed by atoms with E-state index in [0.717, 1.165) is 9.77 Å². The SMILES string of the molecule is NNc1ncc([N+](=O)[O-])c(Nc2ccccc2I)n1. The highest BCUT2D eigenvalue weighted by molar-refractivity contribution is 14.1. The molecule has 9 heteroatoms. The summed E-state index contributed by atoms with van der Waals surface area (Å²) >= 11 is 2.12. The summed E-state index contributed by atoms with van der Waals surface area (Å²) in [6, 6.07) is 7.36. The molecule has 0 bridgehead atoms. The Bertz CT molecular complexity index is 621. The van der Waals surface area contributed by atoms with E-state index in [0.29, 0.717) is 5.69 Å². The molecular formula is C10H9IN6O2. The summed E-state index contributed by atoms with van der Waals surface area (Å²) in [6.45, 7) is 0. The maximum absolute atomic E-state index is 10.9. The van der Waals surface area contributed by atoms with E-state index in [1.807, 2.05) is 18.2 Å². The van der Waals surface area contributed by atoms with Gasteiger partial charge in [0.1, 0.15) is 6.20 Å². The van der Waals surface area contributed by atoms with Crippen molar-refractivity contribution in [3.8, 4) is 0 Å². The van der Waals surface area contributed by atoms with Crippen LogP contribution in [0.25, 0.3) is 0 Å². The molecule has 0 spiro atoms. The van der Waals surface area contributed by atoms with Gasteiger partial charge in [0.05, 0.1) is 10.6 Å². The quantitative estimate of drug-likeness (QED) is 0.325. The third kappa shape index (κ3) is 3.06. The summed E-state index contributed by atoms with van der Waals surface area (Å²) in [6.07, 6.45) is 1.10. The van der Waals surface area contributed by atoms with Crippen LogP contribution in [0, 0.1) is 13.7 Å². The van der Waals surface area contributed by atoms with E-state index < -0.39 is 4.92 Å². The van der Waals surface area contributed by atoms with Crippen LogP contribution in [-0.4, -0.2) is 14.9 Å². The van der Waals surface area contributed by atoms with Crippen LogP contribution in [0.15, 0.2) is 30.5 Å². The summed E-state index contributed by atoms with van der Waals surface area (Å²) in [5.74, 6) is 5.37. The highest BCUT2D eigenvalue weighted by Crippen LogP contribution is 2.27. The molecule has 0 atom stereocenters. The number of nitrogens with two attached hydrogens (primary N) is 1. The molecule has 98 valence electrons. The van der Waals surface area contributed by atoms with E-state index in [4.69, 9.17) is 5.84 Å². The van der Waals surface area contributed by atoms with Gasteiger partial charge in [-0.15, -0.1) is 0 Å². The number of nitro groups is 1. The lowest BCUT2D eigenvalue weighted by Crippen LogP contribution is -2.12. The number of rotatable bonds is 4. The molecule has 0 unspecified atom stereocenters. The summed E-state index contributed by atoms with van der Waals surface area (Å²) in [5.41, 5.74) is 2.74. The molecule has 0 fully saturated rings. The number of hydrogen-bond donors (Lipinski definition) is 3. The van der Waals surface area contributed by atoms with Crippen molar-refractivity contribution in [3.63, 3.8) is 0 Å². The van der Waals surface area contributed by atoms with Crippen LogP contribution in [0.5, 0.6) is 0 Å². The molecule has 4 N–H and O–H groups in total. The average Bonchev–Trinajstić information content (AvgIpc) is 2.41. The number of aromatic nitrogens is 2. The standard InChI is InChI=1S/C10H9IN6O2/c11-6-3-1-2-4-7(6)14-9-8(17(18)19)5-13-10(15-9)16-12/h1-5H,12H2,(H2,13,14,15,16). The molecule has 0 aliphatic heterocycles. The number of anilines is 3. The van der Waals surface area contributed by atoms with Crippen LogP contribution in [0.3, 0.4) is 0 Å². The number of nitrogen functional groups attached to an aromatic ring is 1. The average molecular weight is 372 g/mol. The Labute approximate surface area is 121 Å². The first-order chi connectivity index (χ1) is 9.11. The number of halogens is 1. The van der Waals surface area contributed by atoms with E-state index in [2.05, 4.69) is 43.3 Å². The Balaban J connectivity index is 2.43. The fraction of sp³-hybridized carbons (Fsp3) is 0. The first-order valence-electron chi connectivity index (χ1n) is 5.11. The van der Waals surface area contributed by atoms with Gasteiger partial charge < -0.3 is 5.32 Å². The number of hydrogen-bond acceptors (Lipinski definition) is 7. The number of benzene rings is 1. The predicted octanol–water partition coefficient (Wildman–Crippen LogP) is 2.02. The Kier molecular flexibility index (Phi) is 4.06. The first kappa shape index (κ1) is 13.4. The van der Waals surface area contributed by atoms with E-state index in [1.54, 1.807) is 6.07 Å². The van der Waals surface area contributed by atoms with Crippen LogP contribution >= 0.6 is 22.6 Å². The molecule has 0 saturated carbocycles. The molecule has 19 heavy (non-hydrogen) atoms. The summed E-state index contributed by atoms with van der Waals surface area (Å²) in [4.78, 5) is 18.0. The van der Waals surface area contributed by atoms with Gasteiger partial charge in [0.15, 0.2) is 0 Å². The van der Waals surface area contributed by atoms with Gasteiger partial charge in [-0.3, -0.25) is 15.5 Å². The summed E-state index contributed by atoms with van der Waals surface area (Å²) in [7, 11) is 0. The van der Waals surface area contributed by atoms with Gasteiger partial charge in [0, 0.05) is 3.57 Å². The number of nitrogens with zero attached hydrogens (tertiary/aromatic N) is 3. The zero-order valence-corrected chi connectivity index (χ0v) is 11.7. The Hall–Kier alpha value is -2.01. The first-order valence-corrected chi connectivity index (χ1v) is 6.19. The second-order valence-electron chi connectivity index (χ2n) is 3.43. The topological polar surface area (TPSA) is 119 Å². The highest BCUT2D eigenvalue weighted by atomic mass is 127. The van der Waals surface area contributed by atoms with Gasteiger partial charge in [-0.05, 0) is 34.7 Å². The highest BCUT2D eigenvalue weighted by Gasteiger charge is 2.17. The van der Waals surface area contributed by atoms with Crippen molar-refractivity contribution >= 4 is 45.7 Å². The molecule has 1 aromatic heterocycles. The van der Waals surface area contributed by atoms with Crippen LogP contribution in [-0.2, 0) is 0 Å². The molecule has 0 aliphatic carbocycles. The Morgan fingerprint density at radius 2 is 2.11 bits per heavy atom. The van der Waals surface area contributed by atoms with Crippen molar-refractivity contribution in [2.75, 3.05) is 10.7 Å². The van der Waals surface area contributed by atoms with Gasteiger partial charge in [0.2, 0.25) is 11.8 Å². The van der Waals surface area contributed by atoms with Crippen molar-refractivity contribution < 1.29 is 4.92 Å². The van der Waals surface area contributed by atoms with Crippen molar-refractivity contribution in [1.29, 1.82) is 0 Å². The molecule has 0 amide bonds. The van der Waals surface area contributed by atoms with E-state index in [9.17, 15) is 10.1 Å². The molecule has 2 rings (SSSR count). The lowest BCUT2D eigenvalue weighted by Gasteiger charge is -2.08. The molecule has 0 saturated heterocycles. The van der Waals surface area contributed by atoms with Crippen LogP contribution in [0.4, 0.5) is 23.1 Å². The zero-order valence-electron chi connectivity index (χ0n) is 9.50. The monoisotopic (exact) mass is 372 g/mol. The van der Waals surface area contributed by atoms with Crippen LogP contribution in [0.1, 0.15) is 0 Å². The van der Waals surface area contributed by atoms with Crippen LogP contribution < -0.4 is 16.6 Å². The van der Waals surface area contributed by atoms with Crippen LogP contribution in [0.2, 0.25) is 0 Å². The maximum Gasteiger partial charge on any atom is 0.329 e. The fourth-order valence-electron chi connectivity index (χ4n) is 1.36. The number of nitrogens with one attached hydrogen (secondary N) is 2. The Morgan fingerprint density at radius 1 is 1.37 bits per heavy atom. The number of para-hydroxylation sites is 1. The van der Waals surface area contributed by atoms with Crippen molar-refractivity contribution in [2.45, 2.75) is 0 Å². The largest absolute Gasteiger partial charge is 0.333 e. The fourth-order valence-corrected chi connectivity index (χ4v) is 1.88. The maximum atomic E-state index is 10.9. The minimum atomic E-state index is -0.557. The minimum Gasteiger partial charge on any atom is -0.333 e. The summed E-state index contributed by atoms with van der Waals surface area (Å²) in [5, 5.41) is 13.8. The van der Waals surface area contributed by atoms with Gasteiger partial charge in [0.25, 0.3) is 0 Å². The Morgan fingerprint density at radius 3 is 2.74 bits per heavy atom. The van der Waals surface area contributed by atoms with Crippen molar-refractivity contribution in [3.05, 3.63) is 44.1 Å². The normalized spacial score (nSPS) is 10.0.